The number of hydrogen-bond acceptors (Lipinski definition) is 5. The van der Waals surface area contributed by atoms with Gasteiger partial charge in [0.25, 0.3) is 0 Å². The Hall–Kier alpha value is -5.17. The Kier molecular flexibility index (Phi) is 11.8. The molecule has 0 unspecified atom stereocenters. The number of amides is 2. The van der Waals surface area contributed by atoms with Gasteiger partial charge in [-0.2, -0.15) is 0 Å². The minimum absolute atomic E-state index is 0.0110. The van der Waals surface area contributed by atoms with Gasteiger partial charge in [-0.1, -0.05) is 122 Å². The van der Waals surface area contributed by atoms with Crippen molar-refractivity contribution in [1.29, 1.82) is 0 Å². The molecule has 0 saturated carbocycles. The summed E-state index contributed by atoms with van der Waals surface area (Å²) in [6, 6.07) is 35.2. The van der Waals surface area contributed by atoms with Gasteiger partial charge >= 0.3 is 0 Å². The third-order valence-electron chi connectivity index (χ3n) is 9.01. The average Bonchev–Trinajstić information content (AvgIpc) is 3.56. The van der Waals surface area contributed by atoms with Crippen molar-refractivity contribution in [2.75, 3.05) is 0 Å². The van der Waals surface area contributed by atoms with Gasteiger partial charge in [-0.15, -0.1) is 0 Å². The quantitative estimate of drug-likeness (QED) is 0.154. The highest BCUT2D eigenvalue weighted by atomic mass is 16.2. The number of rotatable bonds is 16. The third kappa shape index (κ3) is 9.44. The molecule has 246 valence electrons. The summed E-state index contributed by atoms with van der Waals surface area (Å²) in [5.74, 6) is -3.47. The number of hydrogen-bond donors (Lipinski definition) is 1. The molecule has 0 aliphatic carbocycles. The minimum atomic E-state index is -0.931. The number of Topliss-reactive ketones (excluding diaryl/α,β-unsaturated/α-hetero) is 3. The molecule has 0 radical (unpaired) electrons. The van der Waals surface area contributed by atoms with Gasteiger partial charge in [0.1, 0.15) is 0 Å². The van der Waals surface area contributed by atoms with Gasteiger partial charge in [-0.3, -0.25) is 24.0 Å². The normalized spacial score (nSPS) is 14.0. The molecular weight excluding hydrogens is 600 g/mol. The number of aryl methyl sites for hydroxylation is 1. The van der Waals surface area contributed by atoms with Crippen LogP contribution in [0.25, 0.3) is 0 Å². The van der Waals surface area contributed by atoms with E-state index >= 15 is 0 Å². The van der Waals surface area contributed by atoms with E-state index in [0.29, 0.717) is 19.5 Å². The van der Waals surface area contributed by atoms with Gasteiger partial charge in [-0.05, 0) is 47.1 Å². The molecule has 1 aliphatic rings. The van der Waals surface area contributed by atoms with Crippen LogP contribution in [0.3, 0.4) is 0 Å². The van der Waals surface area contributed by atoms with E-state index in [0.717, 1.165) is 27.8 Å². The van der Waals surface area contributed by atoms with Crippen molar-refractivity contribution >= 4 is 29.2 Å². The van der Waals surface area contributed by atoms with Crippen LogP contribution in [-0.2, 0) is 56.3 Å². The van der Waals surface area contributed by atoms with Crippen molar-refractivity contribution in [3.8, 4) is 0 Å². The molecule has 0 aromatic heterocycles. The van der Waals surface area contributed by atoms with E-state index in [4.69, 9.17) is 0 Å². The second-order valence-electron chi connectivity index (χ2n) is 12.7. The lowest BCUT2D eigenvalue weighted by Gasteiger charge is -2.23. The third-order valence-corrected chi connectivity index (χ3v) is 9.01. The lowest BCUT2D eigenvalue weighted by Crippen LogP contribution is -2.46. The molecule has 4 aromatic carbocycles. The van der Waals surface area contributed by atoms with Crippen molar-refractivity contribution in [1.82, 2.24) is 10.2 Å². The molecule has 0 saturated heterocycles. The first-order valence-electron chi connectivity index (χ1n) is 16.6. The SMILES string of the molecule is C[C@H](CC(=O)N1Cc2ccccc2C1)C(=O)N[C@@H](Cc1ccccc1)C(=O)C[C@@H](Cc1ccccc1)C(=O)C(=O)CCc1ccccc1. The first-order valence-corrected chi connectivity index (χ1v) is 16.6. The van der Waals surface area contributed by atoms with Crippen LogP contribution >= 0.6 is 0 Å². The maximum Gasteiger partial charge on any atom is 0.223 e. The smallest absolute Gasteiger partial charge is 0.223 e. The molecule has 0 spiro atoms. The van der Waals surface area contributed by atoms with E-state index in [1.165, 1.54) is 0 Å². The highest BCUT2D eigenvalue weighted by Gasteiger charge is 2.32. The largest absolute Gasteiger partial charge is 0.346 e. The average molecular weight is 643 g/mol. The standard InChI is InChI=1S/C41H42N2O5/c1-29(23-39(46)43-27-33-19-11-12-20-34(33)28-43)41(48)42-36(25-32-17-9-4-10-18-32)38(45)26-35(24-31-15-7-3-8-16-31)40(47)37(44)22-21-30-13-5-2-6-14-30/h2-20,29,35-36H,21-28H2,1H3,(H,42,48)/t29-,35-,36+/m1/s1. The Morgan fingerprint density at radius 1 is 0.646 bits per heavy atom. The summed E-state index contributed by atoms with van der Waals surface area (Å²) in [5, 5.41) is 2.91. The van der Waals surface area contributed by atoms with Crippen LogP contribution in [-0.4, -0.2) is 40.1 Å². The predicted molar refractivity (Wildman–Crippen MR) is 185 cm³/mol. The molecule has 7 heteroatoms. The number of carbonyl (C=O) groups excluding carboxylic acids is 5. The molecule has 7 nitrogen and oxygen atoms in total. The van der Waals surface area contributed by atoms with E-state index in [1.807, 2.05) is 115 Å². The fourth-order valence-electron chi connectivity index (χ4n) is 6.20. The summed E-state index contributed by atoms with van der Waals surface area (Å²) in [4.78, 5) is 69.2. The first kappa shape index (κ1) is 34.2. The molecule has 1 aliphatic heterocycles. The zero-order valence-electron chi connectivity index (χ0n) is 27.3. The van der Waals surface area contributed by atoms with Crippen molar-refractivity contribution in [3.63, 3.8) is 0 Å². The van der Waals surface area contributed by atoms with Crippen molar-refractivity contribution in [3.05, 3.63) is 143 Å². The zero-order chi connectivity index (χ0) is 33.9. The topological polar surface area (TPSA) is 101 Å². The predicted octanol–water partition coefficient (Wildman–Crippen LogP) is 5.87. The number of benzene rings is 4. The molecule has 0 bridgehead atoms. The van der Waals surface area contributed by atoms with Crippen LogP contribution < -0.4 is 5.32 Å². The van der Waals surface area contributed by atoms with Crippen LogP contribution in [0.1, 0.15) is 54.0 Å². The lowest BCUT2D eigenvalue weighted by molar-refractivity contribution is -0.140. The summed E-state index contributed by atoms with van der Waals surface area (Å²) < 4.78 is 0. The second-order valence-corrected chi connectivity index (χ2v) is 12.7. The number of fused-ring (bicyclic) bond motifs is 1. The van der Waals surface area contributed by atoms with Crippen LogP contribution in [0.2, 0.25) is 0 Å². The molecule has 2 amide bonds. The van der Waals surface area contributed by atoms with Crippen molar-refractivity contribution in [2.24, 2.45) is 11.8 Å². The Morgan fingerprint density at radius 2 is 1.15 bits per heavy atom. The summed E-state index contributed by atoms with van der Waals surface area (Å²) in [7, 11) is 0. The Bertz CT molecular complexity index is 1700. The van der Waals surface area contributed by atoms with E-state index in [9.17, 15) is 24.0 Å². The molecule has 48 heavy (non-hydrogen) atoms. The highest BCUT2D eigenvalue weighted by Crippen LogP contribution is 2.24. The van der Waals surface area contributed by atoms with E-state index in [2.05, 4.69) is 5.32 Å². The first-order chi connectivity index (χ1) is 23.3. The summed E-state index contributed by atoms with van der Waals surface area (Å²) in [5.41, 5.74) is 4.87. The zero-order valence-corrected chi connectivity index (χ0v) is 27.3. The van der Waals surface area contributed by atoms with E-state index in [1.54, 1.807) is 11.8 Å². The molecule has 0 fully saturated rings. The molecular formula is C41H42N2O5. The summed E-state index contributed by atoms with van der Waals surface area (Å²) >= 11 is 0. The number of carbonyl (C=O) groups is 5. The maximum atomic E-state index is 14.0. The van der Waals surface area contributed by atoms with Gasteiger partial charge in [0.05, 0.1) is 6.04 Å². The van der Waals surface area contributed by atoms with Gasteiger partial charge in [0, 0.05) is 44.2 Å². The number of nitrogens with one attached hydrogen (secondary N) is 1. The molecule has 1 heterocycles. The van der Waals surface area contributed by atoms with Gasteiger partial charge < -0.3 is 10.2 Å². The number of ketones is 3. The summed E-state index contributed by atoms with van der Waals surface area (Å²) in [6.07, 6.45) is 0.767. The van der Waals surface area contributed by atoms with Crippen molar-refractivity contribution < 1.29 is 24.0 Å². The Labute approximate surface area is 282 Å². The Balaban J connectivity index is 1.28. The van der Waals surface area contributed by atoms with E-state index in [-0.39, 0.29) is 43.8 Å². The second kappa shape index (κ2) is 16.6. The lowest BCUT2D eigenvalue weighted by atomic mass is 9.85. The fraction of sp³-hybridized carbons (Fsp3) is 0.293. The minimum Gasteiger partial charge on any atom is -0.346 e. The van der Waals surface area contributed by atoms with Gasteiger partial charge in [0.2, 0.25) is 17.6 Å². The van der Waals surface area contributed by atoms with Gasteiger partial charge in [0.15, 0.2) is 11.6 Å². The Morgan fingerprint density at radius 3 is 1.71 bits per heavy atom. The molecule has 3 atom stereocenters. The van der Waals surface area contributed by atoms with Crippen LogP contribution in [0.15, 0.2) is 115 Å². The van der Waals surface area contributed by atoms with Crippen molar-refractivity contribution in [2.45, 2.75) is 64.6 Å². The molecule has 1 N–H and O–H groups in total. The fourth-order valence-corrected chi connectivity index (χ4v) is 6.20. The maximum absolute atomic E-state index is 14.0. The summed E-state index contributed by atoms with van der Waals surface area (Å²) in [6.45, 7) is 2.71. The molecule has 5 rings (SSSR count). The van der Waals surface area contributed by atoms with E-state index < -0.39 is 35.4 Å². The van der Waals surface area contributed by atoms with Gasteiger partial charge in [-0.25, -0.2) is 0 Å². The van der Waals surface area contributed by atoms with Crippen LogP contribution in [0, 0.1) is 11.8 Å². The highest BCUT2D eigenvalue weighted by molar-refractivity contribution is 6.38. The van der Waals surface area contributed by atoms with Crippen LogP contribution in [0.5, 0.6) is 0 Å². The van der Waals surface area contributed by atoms with Crippen LogP contribution in [0.4, 0.5) is 0 Å². The monoisotopic (exact) mass is 642 g/mol. The molecule has 4 aromatic rings. The number of nitrogens with zero attached hydrogens (tertiary/aromatic N) is 1.